The lowest BCUT2D eigenvalue weighted by molar-refractivity contribution is -0.117. The van der Waals surface area contributed by atoms with Crippen LogP contribution in [0, 0.1) is 5.92 Å². The van der Waals surface area contributed by atoms with Gasteiger partial charge in [-0.15, -0.1) is 0 Å². The number of aromatic nitrogens is 3. The third-order valence-electron chi connectivity index (χ3n) is 7.62. The molecular weight excluding hydrogens is 426 g/mol. The van der Waals surface area contributed by atoms with Crippen LogP contribution in [-0.4, -0.2) is 59.6 Å². The van der Waals surface area contributed by atoms with Crippen LogP contribution in [0.1, 0.15) is 63.5 Å². The van der Waals surface area contributed by atoms with E-state index in [-0.39, 0.29) is 11.8 Å². The van der Waals surface area contributed by atoms with Crippen molar-refractivity contribution in [2.24, 2.45) is 5.92 Å². The number of piperidine rings is 1. The van der Waals surface area contributed by atoms with Gasteiger partial charge in [0, 0.05) is 32.2 Å². The molecule has 0 aromatic carbocycles. The van der Waals surface area contributed by atoms with E-state index in [9.17, 15) is 4.79 Å². The average Bonchev–Trinajstić information content (AvgIpc) is 3.38. The molecule has 8 nitrogen and oxygen atoms in total. The van der Waals surface area contributed by atoms with E-state index < -0.39 is 0 Å². The zero-order chi connectivity index (χ0) is 23.3. The number of rotatable bonds is 8. The van der Waals surface area contributed by atoms with Crippen LogP contribution in [0.2, 0.25) is 0 Å². The van der Waals surface area contributed by atoms with Gasteiger partial charge in [0.2, 0.25) is 5.91 Å². The number of carbonyl (C=O) groups is 1. The van der Waals surface area contributed by atoms with Crippen LogP contribution in [0.3, 0.4) is 0 Å². The Labute approximate surface area is 202 Å². The normalized spacial score (nSPS) is 21.9. The van der Waals surface area contributed by atoms with Crippen LogP contribution in [-0.2, 0) is 4.79 Å². The lowest BCUT2D eigenvalue weighted by atomic mass is 9.85. The zero-order valence-electron chi connectivity index (χ0n) is 20.2. The van der Waals surface area contributed by atoms with Gasteiger partial charge in [0.25, 0.3) is 0 Å². The third-order valence-corrected chi connectivity index (χ3v) is 7.62. The van der Waals surface area contributed by atoms with Crippen LogP contribution in [0.5, 0.6) is 0 Å². The fourth-order valence-electron chi connectivity index (χ4n) is 5.13. The van der Waals surface area contributed by atoms with Crippen molar-refractivity contribution < 1.29 is 4.79 Å². The van der Waals surface area contributed by atoms with E-state index in [2.05, 4.69) is 41.5 Å². The highest BCUT2D eigenvalue weighted by molar-refractivity contribution is 5.94. The fourth-order valence-corrected chi connectivity index (χ4v) is 5.13. The number of amides is 1. The second-order valence-electron chi connectivity index (χ2n) is 10.1. The largest absolute Gasteiger partial charge is 0.369 e. The first-order valence-corrected chi connectivity index (χ1v) is 13.0. The summed E-state index contributed by atoms with van der Waals surface area (Å²) < 4.78 is 0. The van der Waals surface area contributed by atoms with E-state index in [1.807, 2.05) is 19.2 Å². The maximum Gasteiger partial charge on any atom is 0.234 e. The minimum absolute atomic E-state index is 0.119. The number of hydrogen-bond acceptors (Lipinski definition) is 7. The zero-order valence-corrected chi connectivity index (χ0v) is 20.2. The van der Waals surface area contributed by atoms with Crippen LogP contribution in [0.15, 0.2) is 30.7 Å². The molecule has 3 aliphatic rings. The molecular formula is C26H37N7O. The van der Waals surface area contributed by atoms with Crippen LogP contribution < -0.4 is 20.4 Å². The number of anilines is 3. The van der Waals surface area contributed by atoms with E-state index >= 15 is 0 Å². The Balaban J connectivity index is 1.16. The minimum atomic E-state index is -0.371. The first kappa shape index (κ1) is 23.0. The van der Waals surface area contributed by atoms with Crippen molar-refractivity contribution in [1.29, 1.82) is 0 Å². The Morgan fingerprint density at radius 2 is 1.85 bits per heavy atom. The molecule has 182 valence electrons. The molecule has 0 bridgehead atoms. The van der Waals surface area contributed by atoms with Crippen molar-refractivity contribution in [2.45, 2.75) is 63.8 Å². The van der Waals surface area contributed by atoms with E-state index in [1.165, 1.54) is 44.9 Å². The van der Waals surface area contributed by atoms with Crippen molar-refractivity contribution in [3.63, 3.8) is 0 Å². The highest BCUT2D eigenvalue weighted by Crippen LogP contribution is 2.27. The number of pyridine rings is 1. The minimum Gasteiger partial charge on any atom is -0.369 e. The summed E-state index contributed by atoms with van der Waals surface area (Å²) in [5.41, 5.74) is 1.90. The van der Waals surface area contributed by atoms with Gasteiger partial charge in [0.1, 0.15) is 5.82 Å². The molecule has 2 aromatic heterocycles. The number of carbonyl (C=O) groups excluding carboxylic acids is 1. The summed E-state index contributed by atoms with van der Waals surface area (Å²) in [4.78, 5) is 31.0. The molecule has 2 aromatic rings. The van der Waals surface area contributed by atoms with Gasteiger partial charge in [0.15, 0.2) is 5.82 Å². The number of nitrogens with zero attached hydrogens (tertiary/aromatic N) is 5. The average molecular weight is 464 g/mol. The van der Waals surface area contributed by atoms with Gasteiger partial charge in [-0.05, 0) is 70.0 Å². The first-order chi connectivity index (χ1) is 16.7. The van der Waals surface area contributed by atoms with Gasteiger partial charge in [-0.2, -0.15) is 0 Å². The fraction of sp³-hybridized carbons (Fsp3) is 0.615. The molecule has 0 radical (unpaired) electrons. The summed E-state index contributed by atoms with van der Waals surface area (Å²) in [6, 6.07) is 4.64. The smallest absolute Gasteiger partial charge is 0.234 e. The predicted octanol–water partition coefficient (Wildman–Crippen LogP) is 3.57. The maximum atomic E-state index is 12.9. The molecule has 4 heterocycles. The molecule has 1 amide bonds. The molecule has 2 N–H and O–H groups in total. The van der Waals surface area contributed by atoms with Crippen molar-refractivity contribution >= 4 is 23.2 Å². The van der Waals surface area contributed by atoms with Gasteiger partial charge in [0.05, 0.1) is 35.9 Å². The summed E-state index contributed by atoms with van der Waals surface area (Å²) in [7, 11) is 0. The summed E-state index contributed by atoms with van der Waals surface area (Å²) in [5.74, 6) is 1.72. The van der Waals surface area contributed by atoms with E-state index in [4.69, 9.17) is 0 Å². The molecule has 8 heteroatoms. The van der Waals surface area contributed by atoms with E-state index in [0.29, 0.717) is 11.9 Å². The Bertz CT molecular complexity index is 956. The standard InChI is InChI=1S/C26H37N7O/c1-19(26(34)31-24-16-27-17-25(30-24)32-11-2-3-12-32)23-10-9-22(15-29-23)33-13-5-8-21(18-33)28-14-20-6-4-7-20/h9-10,15-17,19-21,28H,2-8,11-14,18H2,1H3,(H,30,31,34)/t19?,21-/m1/s1. The van der Waals surface area contributed by atoms with Gasteiger partial charge >= 0.3 is 0 Å². The van der Waals surface area contributed by atoms with Crippen LogP contribution >= 0.6 is 0 Å². The summed E-state index contributed by atoms with van der Waals surface area (Å²) in [5, 5.41) is 6.71. The van der Waals surface area contributed by atoms with Gasteiger partial charge in [-0.1, -0.05) is 6.42 Å². The molecule has 2 aliphatic heterocycles. The molecule has 3 fully saturated rings. The molecule has 1 aliphatic carbocycles. The molecule has 2 atom stereocenters. The monoisotopic (exact) mass is 463 g/mol. The lowest BCUT2D eigenvalue weighted by Crippen LogP contribution is -2.47. The van der Waals surface area contributed by atoms with Crippen molar-refractivity contribution in [3.05, 3.63) is 36.4 Å². The Morgan fingerprint density at radius 3 is 2.59 bits per heavy atom. The van der Waals surface area contributed by atoms with Gasteiger partial charge in [-0.3, -0.25) is 14.8 Å². The quantitative estimate of drug-likeness (QED) is 0.619. The number of hydrogen-bond donors (Lipinski definition) is 2. The van der Waals surface area contributed by atoms with Crippen LogP contribution in [0.25, 0.3) is 0 Å². The summed E-state index contributed by atoms with van der Waals surface area (Å²) in [6.07, 6.45) is 14.2. The Kier molecular flexibility index (Phi) is 7.23. The Morgan fingerprint density at radius 1 is 1.03 bits per heavy atom. The topological polar surface area (TPSA) is 86.3 Å². The lowest BCUT2D eigenvalue weighted by Gasteiger charge is -2.36. The third kappa shape index (κ3) is 5.49. The second kappa shape index (κ2) is 10.7. The van der Waals surface area contributed by atoms with E-state index in [1.54, 1.807) is 12.4 Å². The van der Waals surface area contributed by atoms with Crippen molar-refractivity contribution in [1.82, 2.24) is 20.3 Å². The highest BCUT2D eigenvalue weighted by Gasteiger charge is 2.24. The van der Waals surface area contributed by atoms with Crippen LogP contribution in [0.4, 0.5) is 17.3 Å². The summed E-state index contributed by atoms with van der Waals surface area (Å²) >= 11 is 0. The Hall–Kier alpha value is -2.74. The number of nitrogens with one attached hydrogen (secondary N) is 2. The molecule has 1 unspecified atom stereocenters. The maximum absolute atomic E-state index is 12.9. The van der Waals surface area contributed by atoms with Crippen molar-refractivity contribution in [3.8, 4) is 0 Å². The molecule has 0 spiro atoms. The molecule has 2 saturated heterocycles. The SMILES string of the molecule is CC(C(=O)Nc1cncc(N2CCCC2)n1)c1ccc(N2CCC[C@@H](NCC3CCC3)C2)cn1. The molecule has 34 heavy (non-hydrogen) atoms. The summed E-state index contributed by atoms with van der Waals surface area (Å²) in [6.45, 7) is 7.12. The van der Waals surface area contributed by atoms with Gasteiger partial charge < -0.3 is 20.4 Å². The van der Waals surface area contributed by atoms with Crippen molar-refractivity contribution in [2.75, 3.05) is 47.8 Å². The predicted molar refractivity (Wildman–Crippen MR) is 135 cm³/mol. The van der Waals surface area contributed by atoms with Gasteiger partial charge in [-0.25, -0.2) is 4.98 Å². The second-order valence-corrected chi connectivity index (χ2v) is 10.1. The molecule has 5 rings (SSSR count). The molecule has 1 saturated carbocycles. The van der Waals surface area contributed by atoms with E-state index in [0.717, 1.165) is 55.8 Å². The highest BCUT2D eigenvalue weighted by atomic mass is 16.1. The first-order valence-electron chi connectivity index (χ1n) is 13.0.